The maximum Gasteiger partial charge on any atom is 0.265 e. The van der Waals surface area contributed by atoms with Gasteiger partial charge in [-0.2, -0.15) is 0 Å². The molecule has 0 N–H and O–H groups in total. The van der Waals surface area contributed by atoms with Crippen molar-refractivity contribution in [3.05, 3.63) is 35.8 Å². The molecular formula is C11H12N2O3S2. The summed E-state index contributed by atoms with van der Waals surface area (Å²) in [6, 6.07) is 6.25. The van der Waals surface area contributed by atoms with E-state index in [0.717, 1.165) is 0 Å². The summed E-state index contributed by atoms with van der Waals surface area (Å²) in [5.41, 5.74) is 0. The Balaban J connectivity index is 2.35. The molecule has 0 atom stereocenters. The number of methoxy groups -OCH3 is 1. The molecule has 0 unspecified atom stereocenters. The van der Waals surface area contributed by atoms with Crippen molar-refractivity contribution in [2.75, 3.05) is 18.5 Å². The predicted molar refractivity (Wildman–Crippen MR) is 70.7 cm³/mol. The second kappa shape index (κ2) is 4.95. The maximum atomic E-state index is 12.3. The van der Waals surface area contributed by atoms with Gasteiger partial charge in [-0.25, -0.2) is 17.7 Å². The van der Waals surface area contributed by atoms with Crippen molar-refractivity contribution in [3.8, 4) is 5.75 Å². The molecule has 0 bridgehead atoms. The number of aromatic nitrogens is 1. The Hall–Kier alpha value is -1.60. The second-order valence-electron chi connectivity index (χ2n) is 3.46. The van der Waals surface area contributed by atoms with Gasteiger partial charge in [0.15, 0.2) is 5.13 Å². The van der Waals surface area contributed by atoms with E-state index in [4.69, 9.17) is 4.74 Å². The quantitative estimate of drug-likeness (QED) is 0.861. The van der Waals surface area contributed by atoms with E-state index in [1.165, 1.54) is 41.9 Å². The number of anilines is 1. The highest BCUT2D eigenvalue weighted by Crippen LogP contribution is 2.24. The van der Waals surface area contributed by atoms with Gasteiger partial charge in [-0.3, -0.25) is 0 Å². The van der Waals surface area contributed by atoms with E-state index >= 15 is 0 Å². The molecule has 7 heteroatoms. The fourth-order valence-corrected chi connectivity index (χ4v) is 3.37. The molecule has 1 heterocycles. The lowest BCUT2D eigenvalue weighted by Gasteiger charge is -2.16. The first-order valence-electron chi connectivity index (χ1n) is 5.08. The van der Waals surface area contributed by atoms with Crippen molar-refractivity contribution in [1.29, 1.82) is 0 Å². The number of hydrogen-bond acceptors (Lipinski definition) is 5. The maximum absolute atomic E-state index is 12.3. The first-order chi connectivity index (χ1) is 8.55. The van der Waals surface area contributed by atoms with E-state index < -0.39 is 10.0 Å². The lowest BCUT2D eigenvalue weighted by molar-refractivity contribution is 0.414. The molecule has 1 aromatic heterocycles. The Bertz CT molecular complexity index is 606. The van der Waals surface area contributed by atoms with E-state index in [2.05, 4.69) is 4.98 Å². The smallest absolute Gasteiger partial charge is 0.265 e. The number of rotatable bonds is 4. The third kappa shape index (κ3) is 2.32. The number of benzene rings is 1. The molecule has 0 fully saturated rings. The fraction of sp³-hybridized carbons (Fsp3) is 0.182. The van der Waals surface area contributed by atoms with Gasteiger partial charge in [-0.15, -0.1) is 11.3 Å². The Morgan fingerprint density at radius 1 is 1.28 bits per heavy atom. The number of ether oxygens (including phenoxy) is 1. The van der Waals surface area contributed by atoms with Crippen molar-refractivity contribution in [3.63, 3.8) is 0 Å². The van der Waals surface area contributed by atoms with E-state index in [0.29, 0.717) is 10.9 Å². The molecule has 1 aromatic carbocycles. The van der Waals surface area contributed by atoms with Crippen molar-refractivity contribution >= 4 is 26.5 Å². The minimum atomic E-state index is -3.56. The van der Waals surface area contributed by atoms with E-state index in [9.17, 15) is 8.42 Å². The molecule has 0 aliphatic heterocycles. The number of nitrogens with zero attached hydrogens (tertiary/aromatic N) is 2. The summed E-state index contributed by atoms with van der Waals surface area (Å²) in [6.07, 6.45) is 1.57. The van der Waals surface area contributed by atoms with E-state index in [-0.39, 0.29) is 4.90 Å². The number of hydrogen-bond donors (Lipinski definition) is 0. The van der Waals surface area contributed by atoms with Gasteiger partial charge in [0.25, 0.3) is 10.0 Å². The molecule has 2 aromatic rings. The first kappa shape index (κ1) is 12.8. The van der Waals surface area contributed by atoms with Crippen molar-refractivity contribution < 1.29 is 13.2 Å². The van der Waals surface area contributed by atoms with Crippen LogP contribution in [0.1, 0.15) is 0 Å². The van der Waals surface area contributed by atoms with Crippen molar-refractivity contribution in [2.24, 2.45) is 0 Å². The van der Waals surface area contributed by atoms with Crippen LogP contribution in [0, 0.1) is 0 Å². The van der Waals surface area contributed by atoms with Gasteiger partial charge in [-0.05, 0) is 24.3 Å². The van der Waals surface area contributed by atoms with E-state index in [1.807, 2.05) is 0 Å². The Morgan fingerprint density at radius 3 is 2.44 bits per heavy atom. The normalized spacial score (nSPS) is 11.2. The zero-order valence-electron chi connectivity index (χ0n) is 9.90. The molecule has 5 nitrogen and oxygen atoms in total. The Morgan fingerprint density at radius 2 is 1.94 bits per heavy atom. The van der Waals surface area contributed by atoms with Crippen LogP contribution in [0.4, 0.5) is 5.13 Å². The van der Waals surface area contributed by atoms with Crippen LogP contribution in [0.15, 0.2) is 40.7 Å². The van der Waals surface area contributed by atoms with Gasteiger partial charge in [0, 0.05) is 18.6 Å². The summed E-state index contributed by atoms with van der Waals surface area (Å²) in [7, 11) is -0.544. The highest BCUT2D eigenvalue weighted by atomic mass is 32.2. The van der Waals surface area contributed by atoms with Crippen molar-refractivity contribution in [2.45, 2.75) is 4.90 Å². The average molecular weight is 284 g/mol. The van der Waals surface area contributed by atoms with Gasteiger partial charge in [-0.1, -0.05) is 0 Å². The molecular weight excluding hydrogens is 272 g/mol. The molecule has 0 spiro atoms. The van der Waals surface area contributed by atoms with Crippen LogP contribution in [0.2, 0.25) is 0 Å². The standard InChI is InChI=1S/C11H12N2O3S2/c1-13(11-12-7-8-17-11)18(14,15)10-5-3-9(16-2)4-6-10/h3-8H,1-2H3. The summed E-state index contributed by atoms with van der Waals surface area (Å²) in [5, 5.41) is 2.17. The van der Waals surface area contributed by atoms with Crippen LogP contribution in [-0.2, 0) is 10.0 Å². The lowest BCUT2D eigenvalue weighted by Crippen LogP contribution is -2.26. The van der Waals surface area contributed by atoms with Crippen LogP contribution in [0.5, 0.6) is 5.75 Å². The average Bonchev–Trinajstić information content (AvgIpc) is 2.91. The summed E-state index contributed by atoms with van der Waals surface area (Å²) in [4.78, 5) is 4.19. The SMILES string of the molecule is COc1ccc(S(=O)(=O)N(C)c2nccs2)cc1. The van der Waals surface area contributed by atoms with Gasteiger partial charge in [0.05, 0.1) is 12.0 Å². The minimum absolute atomic E-state index is 0.209. The Labute approximate surface area is 110 Å². The van der Waals surface area contributed by atoms with E-state index in [1.54, 1.807) is 23.7 Å². The highest BCUT2D eigenvalue weighted by Gasteiger charge is 2.22. The zero-order chi connectivity index (χ0) is 13.2. The summed E-state index contributed by atoms with van der Waals surface area (Å²) in [5.74, 6) is 0.617. The number of thiazole rings is 1. The molecule has 0 aliphatic rings. The molecule has 0 saturated heterocycles. The molecule has 0 radical (unpaired) electrons. The van der Waals surface area contributed by atoms with Gasteiger partial charge in [0.1, 0.15) is 5.75 Å². The zero-order valence-corrected chi connectivity index (χ0v) is 11.5. The van der Waals surface area contributed by atoms with Crippen LogP contribution in [0.25, 0.3) is 0 Å². The van der Waals surface area contributed by atoms with Gasteiger partial charge in [0.2, 0.25) is 0 Å². The number of sulfonamides is 1. The third-order valence-electron chi connectivity index (χ3n) is 2.41. The topological polar surface area (TPSA) is 59.5 Å². The van der Waals surface area contributed by atoms with Gasteiger partial charge >= 0.3 is 0 Å². The summed E-state index contributed by atoms with van der Waals surface area (Å²) >= 11 is 1.27. The summed E-state index contributed by atoms with van der Waals surface area (Å²) < 4.78 is 30.7. The molecule has 2 rings (SSSR count). The van der Waals surface area contributed by atoms with Crippen LogP contribution in [0.3, 0.4) is 0 Å². The van der Waals surface area contributed by atoms with Crippen LogP contribution < -0.4 is 9.04 Å². The molecule has 0 amide bonds. The largest absolute Gasteiger partial charge is 0.497 e. The molecule has 18 heavy (non-hydrogen) atoms. The summed E-state index contributed by atoms with van der Waals surface area (Å²) in [6.45, 7) is 0. The van der Waals surface area contributed by atoms with Crippen molar-refractivity contribution in [1.82, 2.24) is 4.98 Å². The predicted octanol–water partition coefficient (Wildman–Crippen LogP) is 1.98. The fourth-order valence-electron chi connectivity index (χ4n) is 1.38. The third-order valence-corrected chi connectivity index (χ3v) is 5.13. The molecule has 0 aliphatic carbocycles. The van der Waals surface area contributed by atoms with Crippen LogP contribution >= 0.6 is 11.3 Å². The Kier molecular flexibility index (Phi) is 3.53. The second-order valence-corrected chi connectivity index (χ2v) is 6.31. The first-order valence-corrected chi connectivity index (χ1v) is 7.40. The molecule has 0 saturated carbocycles. The van der Waals surface area contributed by atoms with Gasteiger partial charge < -0.3 is 4.74 Å². The highest BCUT2D eigenvalue weighted by molar-refractivity contribution is 7.93. The minimum Gasteiger partial charge on any atom is -0.497 e. The lowest BCUT2D eigenvalue weighted by atomic mass is 10.3. The van der Waals surface area contributed by atoms with Crippen LogP contribution in [-0.4, -0.2) is 27.6 Å². The monoisotopic (exact) mass is 284 g/mol. The molecule has 96 valence electrons.